The summed E-state index contributed by atoms with van der Waals surface area (Å²) >= 11 is 7.48. The number of hydrogen-bond donors (Lipinski definition) is 1. The highest BCUT2D eigenvalue weighted by molar-refractivity contribution is 7.99. The van der Waals surface area contributed by atoms with Crippen LogP contribution in [0.3, 0.4) is 0 Å². The second-order valence-electron chi connectivity index (χ2n) is 7.71. The first-order chi connectivity index (χ1) is 14.7. The molecule has 1 amide bonds. The van der Waals surface area contributed by atoms with E-state index in [9.17, 15) is 9.59 Å². The van der Waals surface area contributed by atoms with E-state index in [-0.39, 0.29) is 23.3 Å². The Hall–Kier alpha value is -2.51. The van der Waals surface area contributed by atoms with Crippen molar-refractivity contribution in [2.24, 2.45) is 5.92 Å². The van der Waals surface area contributed by atoms with E-state index in [2.05, 4.69) is 24.1 Å². The second kappa shape index (κ2) is 9.75. The number of nitrogens with one attached hydrogen (secondary N) is 1. The number of para-hydroxylation sites is 1. The fourth-order valence-corrected chi connectivity index (χ4v) is 3.97. The lowest BCUT2D eigenvalue weighted by Crippen LogP contribution is -2.37. The van der Waals surface area contributed by atoms with Gasteiger partial charge in [0.2, 0.25) is 5.91 Å². The molecule has 0 saturated heterocycles. The fourth-order valence-electron chi connectivity index (χ4n) is 3.00. The topological polar surface area (TPSA) is 73.2 Å². The third kappa shape index (κ3) is 5.05. The molecule has 0 aliphatic rings. The van der Waals surface area contributed by atoms with Gasteiger partial charge in [-0.05, 0) is 43.5 Å². The van der Waals surface area contributed by atoms with E-state index in [1.165, 1.54) is 23.4 Å². The predicted molar refractivity (Wildman–Crippen MR) is 127 cm³/mol. The van der Waals surface area contributed by atoms with Crippen molar-refractivity contribution in [1.29, 1.82) is 0 Å². The summed E-state index contributed by atoms with van der Waals surface area (Å²) < 4.78 is 7.00. The van der Waals surface area contributed by atoms with Gasteiger partial charge in [-0.25, -0.2) is 4.98 Å². The van der Waals surface area contributed by atoms with Crippen LogP contribution in [-0.4, -0.2) is 34.4 Å². The molecule has 1 unspecified atom stereocenters. The van der Waals surface area contributed by atoms with E-state index in [1.807, 2.05) is 19.9 Å². The van der Waals surface area contributed by atoms with Crippen molar-refractivity contribution in [2.75, 3.05) is 12.9 Å². The minimum absolute atomic E-state index is 0.0545. The monoisotopic (exact) mass is 459 g/mol. The summed E-state index contributed by atoms with van der Waals surface area (Å²) in [5, 5.41) is 4.42. The lowest BCUT2D eigenvalue weighted by atomic mass is 10.1. The molecule has 1 heterocycles. The van der Waals surface area contributed by atoms with E-state index in [4.69, 9.17) is 16.3 Å². The minimum Gasteiger partial charge on any atom is -0.495 e. The lowest BCUT2D eigenvalue weighted by Gasteiger charge is -2.19. The highest BCUT2D eigenvalue weighted by Crippen LogP contribution is 2.32. The first-order valence-electron chi connectivity index (χ1n) is 10.0. The molecule has 8 heteroatoms. The van der Waals surface area contributed by atoms with E-state index < -0.39 is 0 Å². The summed E-state index contributed by atoms with van der Waals surface area (Å²) in [4.78, 5) is 30.6. The third-order valence-electron chi connectivity index (χ3n) is 5.17. The zero-order valence-corrected chi connectivity index (χ0v) is 19.8. The summed E-state index contributed by atoms with van der Waals surface area (Å²) in [6.07, 6.45) is 0. The molecule has 3 aromatic rings. The molecule has 164 valence electrons. The number of nitrogens with zero attached hydrogens (tertiary/aromatic N) is 2. The minimum atomic E-state index is -0.232. The maximum absolute atomic E-state index is 13.4. The number of halogens is 1. The summed E-state index contributed by atoms with van der Waals surface area (Å²) in [5.74, 6) is 0.803. The number of aromatic nitrogens is 2. The molecule has 1 atom stereocenters. The number of rotatable bonds is 7. The molecule has 0 bridgehead atoms. The van der Waals surface area contributed by atoms with E-state index in [0.29, 0.717) is 38.4 Å². The van der Waals surface area contributed by atoms with Crippen LogP contribution in [0.15, 0.2) is 46.3 Å². The van der Waals surface area contributed by atoms with Gasteiger partial charge in [0.1, 0.15) is 5.75 Å². The molecule has 1 aromatic heterocycles. The number of ether oxygens (including phenoxy) is 1. The zero-order chi connectivity index (χ0) is 22.7. The van der Waals surface area contributed by atoms with Gasteiger partial charge in [-0.1, -0.05) is 49.3 Å². The summed E-state index contributed by atoms with van der Waals surface area (Å²) in [5.41, 5.74) is 1.68. The SMILES string of the molecule is COc1cc(Cl)c(C)cc1-n1c(SCC(=O)NC(C)C(C)C)nc2ccccc2c1=O. The molecular formula is C23H26ClN3O3S. The number of hydrogen-bond acceptors (Lipinski definition) is 5. The van der Waals surface area contributed by atoms with Crippen molar-refractivity contribution >= 4 is 40.2 Å². The lowest BCUT2D eigenvalue weighted by molar-refractivity contribution is -0.119. The van der Waals surface area contributed by atoms with Crippen molar-refractivity contribution < 1.29 is 9.53 Å². The summed E-state index contributed by atoms with van der Waals surface area (Å²) in [6.45, 7) is 7.93. The number of carbonyl (C=O) groups is 1. The van der Waals surface area contributed by atoms with E-state index in [0.717, 1.165) is 5.56 Å². The fraction of sp³-hybridized carbons (Fsp3) is 0.348. The molecular weight excluding hydrogens is 434 g/mol. The first-order valence-corrected chi connectivity index (χ1v) is 11.4. The van der Waals surface area contributed by atoms with Gasteiger partial charge in [0.05, 0.1) is 29.5 Å². The molecule has 0 fully saturated rings. The van der Waals surface area contributed by atoms with Crippen molar-refractivity contribution in [3.05, 3.63) is 57.3 Å². The van der Waals surface area contributed by atoms with Crippen LogP contribution in [0.4, 0.5) is 0 Å². The smallest absolute Gasteiger partial charge is 0.266 e. The maximum atomic E-state index is 13.4. The number of amides is 1. The molecule has 0 radical (unpaired) electrons. The number of aryl methyl sites for hydroxylation is 1. The summed E-state index contributed by atoms with van der Waals surface area (Å²) in [6, 6.07) is 10.7. The van der Waals surface area contributed by atoms with Crippen molar-refractivity contribution in [3.63, 3.8) is 0 Å². The van der Waals surface area contributed by atoms with Crippen LogP contribution < -0.4 is 15.6 Å². The maximum Gasteiger partial charge on any atom is 0.266 e. The van der Waals surface area contributed by atoms with Gasteiger partial charge in [0.15, 0.2) is 5.16 Å². The standard InChI is InChI=1S/C23H26ClN3O3S/c1-13(2)15(4)25-21(28)12-31-23-26-18-9-7-6-8-16(18)22(29)27(23)19-10-14(3)17(24)11-20(19)30-5/h6-11,13,15H,12H2,1-5H3,(H,25,28). The van der Waals surface area contributed by atoms with Crippen LogP contribution in [0.2, 0.25) is 5.02 Å². The molecule has 0 saturated carbocycles. The Morgan fingerprint density at radius 1 is 1.26 bits per heavy atom. The molecule has 1 N–H and O–H groups in total. The average molecular weight is 460 g/mol. The van der Waals surface area contributed by atoms with Gasteiger partial charge in [-0.3, -0.25) is 14.2 Å². The van der Waals surface area contributed by atoms with Crippen LogP contribution in [0, 0.1) is 12.8 Å². The van der Waals surface area contributed by atoms with Crippen molar-refractivity contribution in [2.45, 2.75) is 38.9 Å². The quantitative estimate of drug-likeness (QED) is 0.412. The second-order valence-corrected chi connectivity index (χ2v) is 9.06. The highest BCUT2D eigenvalue weighted by atomic mass is 35.5. The Balaban J connectivity index is 2.10. The van der Waals surface area contributed by atoms with Gasteiger partial charge >= 0.3 is 0 Å². The van der Waals surface area contributed by atoms with Crippen LogP contribution >= 0.6 is 23.4 Å². The van der Waals surface area contributed by atoms with Crippen LogP contribution in [0.1, 0.15) is 26.3 Å². The van der Waals surface area contributed by atoms with Crippen LogP contribution in [-0.2, 0) is 4.79 Å². The van der Waals surface area contributed by atoms with E-state index >= 15 is 0 Å². The van der Waals surface area contributed by atoms with Gasteiger partial charge in [0, 0.05) is 17.1 Å². The summed E-state index contributed by atoms with van der Waals surface area (Å²) in [7, 11) is 1.53. The molecule has 31 heavy (non-hydrogen) atoms. The molecule has 0 aliphatic heterocycles. The number of carbonyl (C=O) groups excluding carboxylic acids is 1. The van der Waals surface area contributed by atoms with Crippen LogP contribution in [0.25, 0.3) is 16.6 Å². The number of methoxy groups -OCH3 is 1. The zero-order valence-electron chi connectivity index (χ0n) is 18.2. The third-order valence-corrected chi connectivity index (χ3v) is 6.51. The van der Waals surface area contributed by atoms with E-state index in [1.54, 1.807) is 30.3 Å². The van der Waals surface area contributed by atoms with Gasteiger partial charge in [-0.15, -0.1) is 0 Å². The predicted octanol–water partition coefficient (Wildman–Crippen LogP) is 4.61. The first kappa shape index (κ1) is 23.2. The van der Waals surface area contributed by atoms with Gasteiger partial charge in [-0.2, -0.15) is 0 Å². The van der Waals surface area contributed by atoms with Crippen molar-refractivity contribution in [1.82, 2.24) is 14.9 Å². The largest absolute Gasteiger partial charge is 0.495 e. The molecule has 2 aromatic carbocycles. The number of fused-ring (bicyclic) bond motifs is 1. The number of benzene rings is 2. The normalized spacial score (nSPS) is 12.2. The molecule has 3 rings (SSSR count). The van der Waals surface area contributed by atoms with Crippen LogP contribution in [0.5, 0.6) is 5.75 Å². The highest BCUT2D eigenvalue weighted by Gasteiger charge is 2.19. The van der Waals surface area contributed by atoms with Gasteiger partial charge in [0.25, 0.3) is 5.56 Å². The van der Waals surface area contributed by atoms with Gasteiger partial charge < -0.3 is 10.1 Å². The average Bonchev–Trinajstić information content (AvgIpc) is 2.74. The Morgan fingerprint density at radius 3 is 2.65 bits per heavy atom. The Labute approximate surface area is 191 Å². The Bertz CT molecular complexity index is 1180. The molecule has 0 spiro atoms. The van der Waals surface area contributed by atoms with Crippen molar-refractivity contribution in [3.8, 4) is 11.4 Å². The molecule has 0 aliphatic carbocycles. The molecule has 6 nitrogen and oxygen atoms in total. The Kier molecular flexibility index (Phi) is 7.28. The Morgan fingerprint density at radius 2 is 1.97 bits per heavy atom. The number of thioether (sulfide) groups is 1.